The zero-order valence-electron chi connectivity index (χ0n) is 9.36. The fourth-order valence-corrected chi connectivity index (χ4v) is 2.24. The van der Waals surface area contributed by atoms with Gasteiger partial charge in [0.05, 0.1) is 0 Å². The van der Waals surface area contributed by atoms with Gasteiger partial charge in [-0.05, 0) is 64.9 Å². The first-order valence-corrected chi connectivity index (χ1v) is 6.59. The van der Waals surface area contributed by atoms with Gasteiger partial charge in [0, 0.05) is 21.6 Å². The molecule has 0 saturated heterocycles. The summed E-state index contributed by atoms with van der Waals surface area (Å²) in [7, 11) is 0. The molecule has 0 aliphatic heterocycles. The monoisotopic (exact) mass is 339 g/mol. The van der Waals surface area contributed by atoms with Crippen molar-refractivity contribution in [2.75, 3.05) is 11.9 Å². The molecule has 0 saturated carbocycles. The summed E-state index contributed by atoms with van der Waals surface area (Å²) in [6, 6.07) is 16.3. The van der Waals surface area contributed by atoms with Crippen molar-refractivity contribution in [3.05, 3.63) is 57.7 Å². The van der Waals surface area contributed by atoms with E-state index in [1.165, 1.54) is 3.57 Å². The first-order chi connectivity index (χ1) is 8.29. The van der Waals surface area contributed by atoms with Gasteiger partial charge in [-0.25, -0.2) is 0 Å². The number of halogens is 1. The van der Waals surface area contributed by atoms with E-state index in [9.17, 15) is 0 Å². The number of anilines is 2. The maximum absolute atomic E-state index is 9.07. The van der Waals surface area contributed by atoms with Gasteiger partial charge >= 0.3 is 0 Å². The molecular weight excluding hydrogens is 325 g/mol. The Labute approximate surface area is 115 Å². The third kappa shape index (κ3) is 3.44. The normalized spacial score (nSPS) is 10.2. The molecule has 2 aromatic carbocycles. The topological polar surface area (TPSA) is 32.3 Å². The Kier molecular flexibility index (Phi) is 4.39. The molecule has 88 valence electrons. The van der Waals surface area contributed by atoms with Crippen LogP contribution in [0.25, 0.3) is 0 Å². The average molecular weight is 339 g/mol. The maximum atomic E-state index is 9.07. The van der Waals surface area contributed by atoms with E-state index in [-0.39, 0.29) is 6.61 Å². The van der Waals surface area contributed by atoms with Crippen molar-refractivity contribution in [3.63, 3.8) is 0 Å². The third-order valence-corrected chi connectivity index (χ3v) is 3.17. The Morgan fingerprint density at radius 2 is 1.82 bits per heavy atom. The van der Waals surface area contributed by atoms with Crippen LogP contribution in [0.1, 0.15) is 5.56 Å². The van der Waals surface area contributed by atoms with Crippen molar-refractivity contribution in [2.45, 2.75) is 6.42 Å². The maximum Gasteiger partial charge on any atom is 0.0472 e. The standard InChI is InChI=1S/C14H14INO/c15-12-6-7-14(11(10-12)8-9-17)16-13-4-2-1-3-5-13/h1-7,10,16-17H,8-9H2. The quantitative estimate of drug-likeness (QED) is 0.835. The van der Waals surface area contributed by atoms with Gasteiger partial charge in [-0.2, -0.15) is 0 Å². The van der Waals surface area contributed by atoms with Gasteiger partial charge in [0.1, 0.15) is 0 Å². The zero-order valence-corrected chi connectivity index (χ0v) is 11.5. The number of aliphatic hydroxyl groups is 1. The Morgan fingerprint density at radius 3 is 2.53 bits per heavy atom. The van der Waals surface area contributed by atoms with Gasteiger partial charge in [-0.15, -0.1) is 0 Å². The lowest BCUT2D eigenvalue weighted by molar-refractivity contribution is 0.300. The number of para-hydroxylation sites is 1. The summed E-state index contributed by atoms with van der Waals surface area (Å²) in [6.45, 7) is 0.170. The number of aliphatic hydroxyl groups excluding tert-OH is 1. The smallest absolute Gasteiger partial charge is 0.0472 e. The van der Waals surface area contributed by atoms with Crippen LogP contribution in [0.15, 0.2) is 48.5 Å². The molecule has 0 unspecified atom stereocenters. The number of nitrogens with one attached hydrogen (secondary N) is 1. The van der Waals surface area contributed by atoms with Crippen LogP contribution >= 0.6 is 22.6 Å². The predicted octanol–water partition coefficient (Wildman–Crippen LogP) is 3.57. The minimum Gasteiger partial charge on any atom is -0.396 e. The summed E-state index contributed by atoms with van der Waals surface area (Å²) in [4.78, 5) is 0. The first-order valence-electron chi connectivity index (χ1n) is 5.51. The Morgan fingerprint density at radius 1 is 1.06 bits per heavy atom. The van der Waals surface area contributed by atoms with Crippen molar-refractivity contribution in [1.29, 1.82) is 0 Å². The molecule has 0 atom stereocenters. The number of rotatable bonds is 4. The molecular formula is C14H14INO. The highest BCUT2D eigenvalue weighted by molar-refractivity contribution is 14.1. The second-order valence-electron chi connectivity index (χ2n) is 3.77. The van der Waals surface area contributed by atoms with Gasteiger partial charge in [0.15, 0.2) is 0 Å². The van der Waals surface area contributed by atoms with Crippen molar-refractivity contribution in [2.24, 2.45) is 0 Å². The van der Waals surface area contributed by atoms with Crippen LogP contribution in [0.4, 0.5) is 11.4 Å². The number of hydrogen-bond donors (Lipinski definition) is 2. The molecule has 0 aliphatic rings. The highest BCUT2D eigenvalue weighted by Gasteiger charge is 2.03. The molecule has 0 heterocycles. The van der Waals surface area contributed by atoms with E-state index >= 15 is 0 Å². The summed E-state index contributed by atoms with van der Waals surface area (Å²) in [6.07, 6.45) is 0.673. The van der Waals surface area contributed by atoms with Crippen LogP contribution in [0.3, 0.4) is 0 Å². The molecule has 2 N–H and O–H groups in total. The largest absolute Gasteiger partial charge is 0.396 e. The van der Waals surface area contributed by atoms with Gasteiger partial charge in [0.25, 0.3) is 0 Å². The molecule has 2 aromatic rings. The molecule has 2 rings (SSSR count). The molecule has 17 heavy (non-hydrogen) atoms. The molecule has 0 aliphatic carbocycles. The summed E-state index contributed by atoms with van der Waals surface area (Å²) in [5, 5.41) is 12.4. The highest BCUT2D eigenvalue weighted by Crippen LogP contribution is 2.23. The fourth-order valence-electron chi connectivity index (χ4n) is 1.69. The van der Waals surface area contributed by atoms with Crippen LogP contribution in [0.5, 0.6) is 0 Å². The molecule has 2 nitrogen and oxygen atoms in total. The van der Waals surface area contributed by atoms with Crippen LogP contribution in [0, 0.1) is 3.57 Å². The van der Waals surface area contributed by atoms with Crippen molar-refractivity contribution < 1.29 is 5.11 Å². The molecule has 0 radical (unpaired) electrons. The summed E-state index contributed by atoms with van der Waals surface area (Å²) in [5.74, 6) is 0. The Balaban J connectivity index is 2.26. The van der Waals surface area contributed by atoms with E-state index in [1.54, 1.807) is 0 Å². The third-order valence-electron chi connectivity index (χ3n) is 2.50. The lowest BCUT2D eigenvalue weighted by Crippen LogP contribution is -1.99. The van der Waals surface area contributed by atoms with Gasteiger partial charge in [-0.3, -0.25) is 0 Å². The zero-order chi connectivity index (χ0) is 12.1. The molecule has 3 heteroatoms. The van der Waals surface area contributed by atoms with Crippen LogP contribution in [0.2, 0.25) is 0 Å². The second kappa shape index (κ2) is 6.02. The van der Waals surface area contributed by atoms with E-state index in [1.807, 2.05) is 30.3 Å². The lowest BCUT2D eigenvalue weighted by atomic mass is 10.1. The van der Waals surface area contributed by atoms with Crippen LogP contribution in [-0.4, -0.2) is 11.7 Å². The molecule has 0 fully saturated rings. The van der Waals surface area contributed by atoms with Crippen molar-refractivity contribution in [1.82, 2.24) is 0 Å². The van der Waals surface area contributed by atoms with Crippen molar-refractivity contribution in [3.8, 4) is 0 Å². The van der Waals surface area contributed by atoms with Crippen molar-refractivity contribution >= 4 is 34.0 Å². The average Bonchev–Trinajstić information content (AvgIpc) is 2.34. The van der Waals surface area contributed by atoms with Gasteiger partial charge in [-0.1, -0.05) is 18.2 Å². The van der Waals surface area contributed by atoms with E-state index in [2.05, 4.69) is 46.1 Å². The Bertz CT molecular complexity index is 485. The van der Waals surface area contributed by atoms with E-state index in [0.717, 1.165) is 16.9 Å². The predicted molar refractivity (Wildman–Crippen MR) is 79.7 cm³/mol. The lowest BCUT2D eigenvalue weighted by Gasteiger charge is -2.12. The second-order valence-corrected chi connectivity index (χ2v) is 5.01. The van der Waals surface area contributed by atoms with Gasteiger partial charge < -0.3 is 10.4 Å². The summed E-state index contributed by atoms with van der Waals surface area (Å²) < 4.78 is 1.18. The number of benzene rings is 2. The van der Waals surface area contributed by atoms with E-state index in [0.29, 0.717) is 6.42 Å². The summed E-state index contributed by atoms with van der Waals surface area (Å²) >= 11 is 2.28. The Hall–Kier alpha value is -1.07. The summed E-state index contributed by atoms with van der Waals surface area (Å²) in [5.41, 5.74) is 3.27. The number of hydrogen-bond acceptors (Lipinski definition) is 2. The van der Waals surface area contributed by atoms with Crippen LogP contribution < -0.4 is 5.32 Å². The SMILES string of the molecule is OCCc1cc(I)ccc1Nc1ccccc1. The molecule has 0 amide bonds. The molecule has 0 bridgehead atoms. The van der Waals surface area contributed by atoms with E-state index < -0.39 is 0 Å². The molecule has 0 aromatic heterocycles. The van der Waals surface area contributed by atoms with E-state index in [4.69, 9.17) is 5.11 Å². The van der Waals surface area contributed by atoms with Crippen LogP contribution in [-0.2, 0) is 6.42 Å². The minimum atomic E-state index is 0.170. The first kappa shape index (κ1) is 12.4. The minimum absolute atomic E-state index is 0.170. The van der Waals surface area contributed by atoms with Gasteiger partial charge in [0.2, 0.25) is 0 Å². The fraction of sp³-hybridized carbons (Fsp3) is 0.143. The highest BCUT2D eigenvalue weighted by atomic mass is 127. The molecule has 0 spiro atoms.